The first-order valence-electron chi connectivity index (χ1n) is 29.0. The SMILES string of the molecule is C[C@H](N)c1ccc(Br)cc1.Cc1c(C)n(Cc2ccc(-c3ccccc3C(=O)OC(C)(C)C)cc2)c2ccc(C(=O)N[C@@H](C)c3ccc(Br)cc3)cc12.Cc1c(C)n(Cc2ccc(-c3ccccc3C(=O)OC(C)(C)C)cc2)c2ccc(C(=O)O)cc12. The minimum Gasteiger partial charge on any atom is -0.478 e. The average molecular weight is 1290 g/mol. The molecule has 0 saturated heterocycles. The van der Waals surface area contributed by atoms with E-state index in [-0.39, 0.29) is 29.9 Å². The van der Waals surface area contributed by atoms with E-state index < -0.39 is 17.2 Å². The predicted octanol–water partition coefficient (Wildman–Crippen LogP) is 18.3. The van der Waals surface area contributed by atoms with Gasteiger partial charge in [0, 0.05) is 66.8 Å². The molecule has 10 rings (SSSR count). The van der Waals surface area contributed by atoms with Crippen LogP contribution in [-0.2, 0) is 22.6 Å². The number of rotatable bonds is 13. The van der Waals surface area contributed by atoms with E-state index in [9.17, 15) is 24.3 Å². The fraction of sp³-hybridized carbons (Fsp3) is 0.243. The van der Waals surface area contributed by atoms with Gasteiger partial charge in [0.25, 0.3) is 5.91 Å². The summed E-state index contributed by atoms with van der Waals surface area (Å²) in [6, 6.07) is 58.8. The number of halogens is 2. The zero-order valence-corrected chi connectivity index (χ0v) is 54.7. The molecule has 0 aliphatic heterocycles. The summed E-state index contributed by atoms with van der Waals surface area (Å²) in [6.07, 6.45) is 0. The molecule has 2 heterocycles. The van der Waals surface area contributed by atoms with E-state index >= 15 is 0 Å². The van der Waals surface area contributed by atoms with Gasteiger partial charge in [-0.05, 0) is 212 Å². The molecule has 11 nitrogen and oxygen atoms in total. The number of esters is 2. The Kier molecular flexibility index (Phi) is 20.5. The molecule has 0 fully saturated rings. The minimum absolute atomic E-state index is 0.0932. The van der Waals surface area contributed by atoms with Gasteiger partial charge in [0.05, 0.1) is 22.7 Å². The van der Waals surface area contributed by atoms with Crippen LogP contribution in [0.5, 0.6) is 0 Å². The van der Waals surface area contributed by atoms with Gasteiger partial charge in [0.2, 0.25) is 0 Å². The molecule has 0 unspecified atom stereocenters. The topological polar surface area (TPSA) is 155 Å². The number of ether oxygens (including phenoxy) is 2. The highest BCUT2D eigenvalue weighted by Crippen LogP contribution is 2.33. The smallest absolute Gasteiger partial charge is 0.339 e. The van der Waals surface area contributed by atoms with Gasteiger partial charge in [-0.25, -0.2) is 14.4 Å². The van der Waals surface area contributed by atoms with Crippen LogP contribution in [0.4, 0.5) is 0 Å². The van der Waals surface area contributed by atoms with Crippen LogP contribution >= 0.6 is 31.9 Å². The van der Waals surface area contributed by atoms with Gasteiger partial charge in [-0.1, -0.05) is 141 Å². The van der Waals surface area contributed by atoms with E-state index in [1.807, 2.05) is 190 Å². The number of carbonyl (C=O) groups is 4. The Labute approximate surface area is 527 Å². The van der Waals surface area contributed by atoms with Crippen LogP contribution in [0.3, 0.4) is 0 Å². The fourth-order valence-corrected chi connectivity index (χ4v) is 10.8. The van der Waals surface area contributed by atoms with Crippen LogP contribution in [0.25, 0.3) is 44.1 Å². The number of nitrogens with two attached hydrogens (primary N) is 1. The average Bonchev–Trinajstić information content (AvgIpc) is 2.11. The molecular formula is C74H76Br2N4O7. The van der Waals surface area contributed by atoms with Gasteiger partial charge in [-0.15, -0.1) is 0 Å². The highest BCUT2D eigenvalue weighted by atomic mass is 79.9. The van der Waals surface area contributed by atoms with E-state index in [0.717, 1.165) is 92.2 Å². The number of carbonyl (C=O) groups excluding carboxylic acids is 3. The monoisotopic (exact) mass is 1290 g/mol. The molecule has 13 heteroatoms. The van der Waals surface area contributed by atoms with Crippen molar-refractivity contribution in [2.24, 2.45) is 5.73 Å². The molecule has 448 valence electrons. The third-order valence-corrected chi connectivity index (χ3v) is 16.3. The highest BCUT2D eigenvalue weighted by molar-refractivity contribution is 9.10. The molecule has 2 aromatic heterocycles. The molecule has 0 saturated carbocycles. The number of carboxylic acid groups (broad SMARTS) is 1. The number of benzene rings is 8. The molecule has 4 N–H and O–H groups in total. The first-order chi connectivity index (χ1) is 41.2. The zero-order valence-electron chi connectivity index (χ0n) is 51.5. The summed E-state index contributed by atoms with van der Waals surface area (Å²) in [6.45, 7) is 24.8. The van der Waals surface area contributed by atoms with Crippen LogP contribution < -0.4 is 11.1 Å². The Balaban J connectivity index is 0.000000198. The van der Waals surface area contributed by atoms with E-state index in [1.165, 1.54) is 5.56 Å². The summed E-state index contributed by atoms with van der Waals surface area (Å²) < 4.78 is 17.8. The number of nitrogens with zero attached hydrogens (tertiary/aromatic N) is 2. The summed E-state index contributed by atoms with van der Waals surface area (Å²) in [5, 5.41) is 14.5. The Morgan fingerprint density at radius 3 is 1.29 bits per heavy atom. The Bertz CT molecular complexity index is 4110. The number of hydrogen-bond donors (Lipinski definition) is 3. The van der Waals surface area contributed by atoms with Gasteiger partial charge in [0.15, 0.2) is 0 Å². The standard InChI is InChI=1S/C37H37BrN2O3.C29H29NO4.C8H10BrN/c1-23-25(3)40(34-20-17-29(21-33(23)34)35(41)39-24(2)27-15-18-30(38)19-16-27)22-26-11-13-28(14-12-26)31-9-7-8-10-32(31)36(42)43-37(4,5)6;1-18-19(2)30(26-15-14-22(27(31)32)16-25(18)26)17-20-10-12-21(13-11-20)23-8-6-7-9-24(23)28(33)34-29(3,4)5;1-6(10)7-2-4-8(9)5-3-7/h7-21,24H,22H2,1-6H3,(H,39,41);6-16H,17H2,1-5H3,(H,31,32);2-6H,10H2,1H3/t24-;;6-/m0.0/s1. The molecule has 87 heavy (non-hydrogen) atoms. The second kappa shape index (κ2) is 27.6. The normalized spacial score (nSPS) is 12.1. The molecule has 1 amide bonds. The maximum Gasteiger partial charge on any atom is 0.339 e. The summed E-state index contributed by atoms with van der Waals surface area (Å²) in [5.41, 5.74) is 21.2. The molecule has 2 atom stereocenters. The summed E-state index contributed by atoms with van der Waals surface area (Å²) in [7, 11) is 0. The predicted molar refractivity (Wildman–Crippen MR) is 359 cm³/mol. The quantitative estimate of drug-likeness (QED) is 0.0964. The molecule has 0 aliphatic carbocycles. The largest absolute Gasteiger partial charge is 0.478 e. The lowest BCUT2D eigenvalue weighted by Crippen LogP contribution is -2.26. The molecule has 8 aromatic carbocycles. The van der Waals surface area contributed by atoms with Gasteiger partial charge >= 0.3 is 17.9 Å². The Morgan fingerprint density at radius 1 is 0.517 bits per heavy atom. The lowest BCUT2D eigenvalue weighted by molar-refractivity contribution is 0.00578. The molecule has 0 spiro atoms. The van der Waals surface area contributed by atoms with E-state index in [0.29, 0.717) is 35.3 Å². The summed E-state index contributed by atoms with van der Waals surface area (Å²) in [4.78, 5) is 50.1. The fourth-order valence-electron chi connectivity index (χ4n) is 10.3. The molecule has 0 aliphatic rings. The maximum atomic E-state index is 13.2. The number of nitrogens with one attached hydrogen (secondary N) is 1. The van der Waals surface area contributed by atoms with Gasteiger partial charge in [0.1, 0.15) is 11.2 Å². The van der Waals surface area contributed by atoms with Gasteiger partial charge in [-0.3, -0.25) is 4.79 Å². The van der Waals surface area contributed by atoms with Crippen molar-refractivity contribution < 1.29 is 33.8 Å². The zero-order chi connectivity index (χ0) is 63.1. The number of aromatic carboxylic acids is 1. The molecular weight excluding hydrogens is 1220 g/mol. The number of fused-ring (bicyclic) bond motifs is 2. The lowest BCUT2D eigenvalue weighted by atomic mass is 9.98. The van der Waals surface area contributed by atoms with Crippen LogP contribution in [-0.4, -0.2) is 49.3 Å². The van der Waals surface area contributed by atoms with Crippen LogP contribution in [0.15, 0.2) is 191 Å². The molecule has 0 radical (unpaired) electrons. The third-order valence-electron chi connectivity index (χ3n) is 15.2. The number of amides is 1. The first-order valence-corrected chi connectivity index (χ1v) is 30.6. The Hall–Kier alpha value is -8.36. The Morgan fingerprint density at radius 2 is 0.897 bits per heavy atom. The van der Waals surface area contributed by atoms with Crippen molar-refractivity contribution in [1.82, 2.24) is 14.5 Å². The number of carboxylic acids is 1. The second-order valence-corrected chi connectivity index (χ2v) is 25.8. The van der Waals surface area contributed by atoms with Crippen LogP contribution in [0.1, 0.15) is 154 Å². The lowest BCUT2D eigenvalue weighted by Gasteiger charge is -2.20. The van der Waals surface area contributed by atoms with E-state index in [2.05, 4.69) is 103 Å². The third kappa shape index (κ3) is 16.2. The van der Waals surface area contributed by atoms with Crippen molar-refractivity contribution in [3.63, 3.8) is 0 Å². The second-order valence-electron chi connectivity index (χ2n) is 23.9. The summed E-state index contributed by atoms with van der Waals surface area (Å²) >= 11 is 6.82. The molecule has 10 aromatic rings. The number of hydrogen-bond acceptors (Lipinski definition) is 7. The maximum absolute atomic E-state index is 13.2. The van der Waals surface area contributed by atoms with Gasteiger partial charge in [-0.2, -0.15) is 0 Å². The van der Waals surface area contributed by atoms with Crippen molar-refractivity contribution in [1.29, 1.82) is 0 Å². The van der Waals surface area contributed by atoms with E-state index in [4.69, 9.17) is 15.2 Å². The van der Waals surface area contributed by atoms with Crippen molar-refractivity contribution in [2.75, 3.05) is 0 Å². The van der Waals surface area contributed by atoms with Crippen molar-refractivity contribution in [3.05, 3.63) is 258 Å². The highest BCUT2D eigenvalue weighted by Gasteiger charge is 2.23. The first kappa shape index (κ1) is 64.6. The molecule has 0 bridgehead atoms. The van der Waals surface area contributed by atoms with E-state index in [1.54, 1.807) is 18.2 Å². The van der Waals surface area contributed by atoms with Crippen molar-refractivity contribution >= 4 is 77.5 Å². The van der Waals surface area contributed by atoms with Crippen LogP contribution in [0, 0.1) is 27.7 Å². The van der Waals surface area contributed by atoms with Crippen molar-refractivity contribution in [3.8, 4) is 22.3 Å². The summed E-state index contributed by atoms with van der Waals surface area (Å²) in [5.74, 6) is -1.68. The van der Waals surface area contributed by atoms with Crippen LogP contribution in [0.2, 0.25) is 0 Å². The van der Waals surface area contributed by atoms with Crippen molar-refractivity contribution in [2.45, 2.75) is 119 Å². The van der Waals surface area contributed by atoms with Gasteiger partial charge < -0.3 is 34.8 Å². The minimum atomic E-state index is -0.922. The number of aromatic nitrogens is 2. The number of aryl methyl sites for hydroxylation is 2.